The molecule has 0 amide bonds. The lowest BCUT2D eigenvalue weighted by Gasteiger charge is -2.14. The van der Waals surface area contributed by atoms with Crippen molar-refractivity contribution in [3.8, 4) is 5.75 Å². The van der Waals surface area contributed by atoms with Gasteiger partial charge in [0.15, 0.2) is 0 Å². The van der Waals surface area contributed by atoms with E-state index in [2.05, 4.69) is 10.3 Å². The van der Waals surface area contributed by atoms with Gasteiger partial charge in [-0.1, -0.05) is 30.3 Å². The van der Waals surface area contributed by atoms with E-state index in [9.17, 15) is 5.11 Å². The van der Waals surface area contributed by atoms with Gasteiger partial charge in [0.05, 0.1) is 12.3 Å². The molecule has 0 bridgehead atoms. The lowest BCUT2D eigenvalue weighted by atomic mass is 10.1. The number of aromatic nitrogens is 3. The molecule has 2 aromatic rings. The van der Waals surface area contributed by atoms with Gasteiger partial charge in [-0.25, -0.2) is 0 Å². The molecule has 0 spiro atoms. The van der Waals surface area contributed by atoms with Crippen molar-refractivity contribution in [3.05, 3.63) is 41.7 Å². The highest BCUT2D eigenvalue weighted by Gasteiger charge is 2.11. The first-order valence-corrected chi connectivity index (χ1v) is 5.95. The van der Waals surface area contributed by atoms with Crippen LogP contribution in [0.25, 0.3) is 0 Å². The van der Waals surface area contributed by atoms with Crippen LogP contribution in [0, 0.1) is 0 Å². The summed E-state index contributed by atoms with van der Waals surface area (Å²) in [4.78, 5) is 0. The van der Waals surface area contributed by atoms with E-state index in [1.165, 1.54) is 0 Å². The molecular formula is C13H17N3O2. The third kappa shape index (κ3) is 2.87. The van der Waals surface area contributed by atoms with Crippen LogP contribution in [0.1, 0.15) is 30.7 Å². The standard InChI is InChI=1S/C13H17N3O2/c1-3-12(17)11-6-4-5-7-13(11)18-9-10-8-16(2)15-14-10/h4-8,12,17H,3,9H2,1-2H3. The minimum atomic E-state index is -0.497. The topological polar surface area (TPSA) is 60.2 Å². The summed E-state index contributed by atoms with van der Waals surface area (Å²) in [7, 11) is 1.81. The summed E-state index contributed by atoms with van der Waals surface area (Å²) < 4.78 is 7.31. The molecule has 2 rings (SSSR count). The molecule has 0 aliphatic heterocycles. The van der Waals surface area contributed by atoms with E-state index in [0.29, 0.717) is 18.8 Å². The molecule has 1 heterocycles. The summed E-state index contributed by atoms with van der Waals surface area (Å²) in [6.07, 6.45) is 1.97. The number of rotatable bonds is 5. The van der Waals surface area contributed by atoms with E-state index < -0.39 is 6.10 Å². The number of nitrogens with zero attached hydrogens (tertiary/aromatic N) is 3. The number of ether oxygens (including phenoxy) is 1. The van der Waals surface area contributed by atoms with Gasteiger partial charge in [-0.05, 0) is 12.5 Å². The van der Waals surface area contributed by atoms with Crippen molar-refractivity contribution in [3.63, 3.8) is 0 Å². The van der Waals surface area contributed by atoms with Crippen LogP contribution in [0.3, 0.4) is 0 Å². The van der Waals surface area contributed by atoms with Crippen molar-refractivity contribution < 1.29 is 9.84 Å². The van der Waals surface area contributed by atoms with Gasteiger partial charge >= 0.3 is 0 Å². The number of hydrogen-bond donors (Lipinski definition) is 1. The molecule has 1 aromatic heterocycles. The number of hydrogen-bond acceptors (Lipinski definition) is 4. The summed E-state index contributed by atoms with van der Waals surface area (Å²) in [6, 6.07) is 7.51. The van der Waals surface area contributed by atoms with Crippen LogP contribution in [0.2, 0.25) is 0 Å². The lowest BCUT2D eigenvalue weighted by molar-refractivity contribution is 0.166. The van der Waals surface area contributed by atoms with Crippen molar-refractivity contribution in [2.45, 2.75) is 26.1 Å². The fourth-order valence-electron chi connectivity index (χ4n) is 1.72. The van der Waals surface area contributed by atoms with Crippen LogP contribution >= 0.6 is 0 Å². The average molecular weight is 247 g/mol. The molecule has 1 N–H and O–H groups in total. The quantitative estimate of drug-likeness (QED) is 0.875. The minimum Gasteiger partial charge on any atom is -0.487 e. The summed E-state index contributed by atoms with van der Waals surface area (Å²) in [5.74, 6) is 0.692. The van der Waals surface area contributed by atoms with Crippen molar-refractivity contribution in [1.29, 1.82) is 0 Å². The molecule has 5 nitrogen and oxygen atoms in total. The second-order valence-electron chi connectivity index (χ2n) is 4.13. The van der Waals surface area contributed by atoms with Gasteiger partial charge in [0.1, 0.15) is 18.1 Å². The normalized spacial score (nSPS) is 12.4. The Morgan fingerprint density at radius 2 is 2.17 bits per heavy atom. The van der Waals surface area contributed by atoms with Crippen molar-refractivity contribution in [2.24, 2.45) is 7.05 Å². The lowest BCUT2D eigenvalue weighted by Crippen LogP contribution is -2.02. The molecule has 1 unspecified atom stereocenters. The SMILES string of the molecule is CCC(O)c1ccccc1OCc1cn(C)nn1. The number of benzene rings is 1. The first-order valence-electron chi connectivity index (χ1n) is 5.95. The van der Waals surface area contributed by atoms with Crippen molar-refractivity contribution in [1.82, 2.24) is 15.0 Å². The first-order chi connectivity index (χ1) is 8.70. The monoisotopic (exact) mass is 247 g/mol. The highest BCUT2D eigenvalue weighted by atomic mass is 16.5. The summed E-state index contributed by atoms with van der Waals surface area (Å²) >= 11 is 0. The van der Waals surface area contributed by atoms with Gasteiger partial charge in [0.25, 0.3) is 0 Å². The van der Waals surface area contributed by atoms with Crippen LogP contribution in [0.4, 0.5) is 0 Å². The predicted molar refractivity (Wildman–Crippen MR) is 67.0 cm³/mol. The second-order valence-corrected chi connectivity index (χ2v) is 4.13. The Morgan fingerprint density at radius 3 is 2.83 bits per heavy atom. The maximum Gasteiger partial charge on any atom is 0.134 e. The Balaban J connectivity index is 2.09. The first kappa shape index (κ1) is 12.6. The maximum atomic E-state index is 9.90. The Bertz CT molecular complexity index is 510. The maximum absolute atomic E-state index is 9.90. The zero-order chi connectivity index (χ0) is 13.0. The largest absolute Gasteiger partial charge is 0.487 e. The van der Waals surface area contributed by atoms with Gasteiger partial charge in [0.2, 0.25) is 0 Å². The molecule has 1 atom stereocenters. The van der Waals surface area contributed by atoms with E-state index in [1.807, 2.05) is 38.2 Å². The molecule has 0 saturated heterocycles. The highest BCUT2D eigenvalue weighted by Crippen LogP contribution is 2.27. The van der Waals surface area contributed by atoms with Crippen LogP contribution in [-0.4, -0.2) is 20.1 Å². The molecule has 0 radical (unpaired) electrons. The van der Waals surface area contributed by atoms with Crippen LogP contribution in [0.5, 0.6) is 5.75 Å². The van der Waals surface area contributed by atoms with Crippen molar-refractivity contribution >= 4 is 0 Å². The van der Waals surface area contributed by atoms with E-state index in [1.54, 1.807) is 10.9 Å². The zero-order valence-electron chi connectivity index (χ0n) is 10.6. The van der Waals surface area contributed by atoms with Crippen LogP contribution < -0.4 is 4.74 Å². The second kappa shape index (κ2) is 5.64. The van der Waals surface area contributed by atoms with E-state index in [4.69, 9.17) is 4.74 Å². The van der Waals surface area contributed by atoms with Gasteiger partial charge in [-0.2, -0.15) is 0 Å². The zero-order valence-corrected chi connectivity index (χ0v) is 10.6. The van der Waals surface area contributed by atoms with Gasteiger partial charge in [0, 0.05) is 12.6 Å². The molecule has 18 heavy (non-hydrogen) atoms. The smallest absolute Gasteiger partial charge is 0.134 e. The molecule has 0 saturated carbocycles. The minimum absolute atomic E-state index is 0.348. The third-order valence-corrected chi connectivity index (χ3v) is 2.69. The predicted octanol–water partition coefficient (Wildman–Crippen LogP) is 1.84. The van der Waals surface area contributed by atoms with Crippen LogP contribution in [0.15, 0.2) is 30.5 Å². The third-order valence-electron chi connectivity index (χ3n) is 2.69. The van der Waals surface area contributed by atoms with Gasteiger partial charge in [-0.3, -0.25) is 4.68 Å². The fourth-order valence-corrected chi connectivity index (χ4v) is 1.72. The van der Waals surface area contributed by atoms with Gasteiger partial charge < -0.3 is 9.84 Å². The number of aliphatic hydroxyl groups excluding tert-OH is 1. The summed E-state index contributed by atoms with van der Waals surface area (Å²) in [6.45, 7) is 2.28. The Hall–Kier alpha value is -1.88. The molecule has 0 aliphatic rings. The van der Waals surface area contributed by atoms with E-state index >= 15 is 0 Å². The molecule has 1 aromatic carbocycles. The van der Waals surface area contributed by atoms with E-state index in [0.717, 1.165) is 11.3 Å². The molecule has 0 fully saturated rings. The molecule has 0 aliphatic carbocycles. The number of aryl methyl sites for hydroxylation is 1. The van der Waals surface area contributed by atoms with Crippen molar-refractivity contribution in [2.75, 3.05) is 0 Å². The number of para-hydroxylation sites is 1. The Labute approximate surface area is 106 Å². The molecular weight excluding hydrogens is 230 g/mol. The molecule has 5 heteroatoms. The van der Waals surface area contributed by atoms with Crippen LogP contribution in [-0.2, 0) is 13.7 Å². The summed E-state index contributed by atoms with van der Waals surface area (Å²) in [5.41, 5.74) is 1.57. The average Bonchev–Trinajstić information content (AvgIpc) is 2.81. The van der Waals surface area contributed by atoms with Gasteiger partial charge in [-0.15, -0.1) is 5.10 Å². The summed E-state index contributed by atoms with van der Waals surface area (Å²) in [5, 5.41) is 17.7. The Morgan fingerprint density at radius 1 is 1.39 bits per heavy atom. The highest BCUT2D eigenvalue weighted by molar-refractivity contribution is 5.35. The molecule has 96 valence electrons. The van der Waals surface area contributed by atoms with E-state index in [-0.39, 0.29) is 0 Å². The Kier molecular flexibility index (Phi) is 3.94. The number of aliphatic hydroxyl groups is 1. The fraction of sp³-hybridized carbons (Fsp3) is 0.385.